The molecule has 29 heavy (non-hydrogen) atoms. The average Bonchev–Trinajstić information content (AvgIpc) is 2.71. The number of rotatable bonds is 9. The second-order valence-electron chi connectivity index (χ2n) is 6.32. The summed E-state index contributed by atoms with van der Waals surface area (Å²) in [6, 6.07) is 12.6. The van der Waals surface area contributed by atoms with Crippen molar-refractivity contribution < 1.29 is 28.5 Å². The van der Waals surface area contributed by atoms with Gasteiger partial charge in [0.05, 0.1) is 7.11 Å². The quantitative estimate of drug-likeness (QED) is 0.272. The Morgan fingerprint density at radius 3 is 2.03 bits per heavy atom. The van der Waals surface area contributed by atoms with Gasteiger partial charge in [0, 0.05) is 11.1 Å². The molecule has 2 aromatic rings. The summed E-state index contributed by atoms with van der Waals surface area (Å²) in [6.07, 6.45) is 0. The lowest BCUT2D eigenvalue weighted by Crippen LogP contribution is -2.12. The first kappa shape index (κ1) is 21.8. The summed E-state index contributed by atoms with van der Waals surface area (Å²) < 4.78 is 21.2. The summed E-state index contributed by atoms with van der Waals surface area (Å²) in [5, 5.41) is 0. The minimum Gasteiger partial charge on any atom is -0.493 e. The van der Waals surface area contributed by atoms with Crippen molar-refractivity contribution in [3.63, 3.8) is 0 Å². The summed E-state index contributed by atoms with van der Waals surface area (Å²) in [7, 11) is 1.55. The SMILES string of the molecule is C=C(C)C(=O)OCCOc1ccc(-c2ccc(OC(=O)C(=C)C)cc2)cc1OC. The van der Waals surface area contributed by atoms with Crippen LogP contribution in [-0.4, -0.2) is 32.3 Å². The lowest BCUT2D eigenvalue weighted by atomic mass is 10.0. The highest BCUT2D eigenvalue weighted by atomic mass is 16.6. The van der Waals surface area contributed by atoms with Gasteiger partial charge in [0.15, 0.2) is 11.5 Å². The summed E-state index contributed by atoms with van der Waals surface area (Å²) in [5.74, 6) is 0.613. The number of esters is 2. The Labute approximate surface area is 170 Å². The van der Waals surface area contributed by atoms with Crippen molar-refractivity contribution in [3.8, 4) is 28.4 Å². The van der Waals surface area contributed by atoms with Gasteiger partial charge in [-0.3, -0.25) is 0 Å². The molecule has 6 heteroatoms. The lowest BCUT2D eigenvalue weighted by molar-refractivity contribution is -0.139. The Hall–Kier alpha value is -3.54. The van der Waals surface area contributed by atoms with Crippen LogP contribution in [0, 0.1) is 0 Å². The van der Waals surface area contributed by atoms with Crippen molar-refractivity contribution in [1.29, 1.82) is 0 Å². The molecule has 0 unspecified atom stereocenters. The fraction of sp³-hybridized carbons (Fsp3) is 0.217. The van der Waals surface area contributed by atoms with E-state index in [0.29, 0.717) is 28.4 Å². The van der Waals surface area contributed by atoms with Gasteiger partial charge < -0.3 is 18.9 Å². The largest absolute Gasteiger partial charge is 0.493 e. The number of carbonyl (C=O) groups is 2. The van der Waals surface area contributed by atoms with Gasteiger partial charge in [-0.1, -0.05) is 31.4 Å². The van der Waals surface area contributed by atoms with E-state index in [1.54, 1.807) is 39.2 Å². The highest BCUT2D eigenvalue weighted by Crippen LogP contribution is 2.33. The molecule has 0 heterocycles. The molecule has 2 rings (SSSR count). The molecule has 0 atom stereocenters. The van der Waals surface area contributed by atoms with E-state index in [0.717, 1.165) is 11.1 Å². The minimum atomic E-state index is -0.463. The third-order valence-electron chi connectivity index (χ3n) is 3.83. The standard InChI is InChI=1S/C23H24O6/c1-15(2)22(24)28-13-12-27-20-11-8-18(14-21(20)26-5)17-6-9-19(10-7-17)29-23(25)16(3)4/h6-11,14H,1,3,12-13H2,2,4-5H3. The molecule has 0 bridgehead atoms. The van der Waals surface area contributed by atoms with Crippen LogP contribution in [0.1, 0.15) is 13.8 Å². The van der Waals surface area contributed by atoms with Crippen LogP contribution in [-0.2, 0) is 14.3 Å². The second-order valence-corrected chi connectivity index (χ2v) is 6.32. The summed E-state index contributed by atoms with van der Waals surface area (Å²) in [5.41, 5.74) is 2.50. The van der Waals surface area contributed by atoms with E-state index >= 15 is 0 Å². The molecule has 0 saturated carbocycles. The van der Waals surface area contributed by atoms with Crippen LogP contribution < -0.4 is 14.2 Å². The van der Waals surface area contributed by atoms with Gasteiger partial charge in [0.2, 0.25) is 0 Å². The van der Waals surface area contributed by atoms with Crippen molar-refractivity contribution in [3.05, 3.63) is 66.8 Å². The highest BCUT2D eigenvalue weighted by molar-refractivity contribution is 5.89. The molecule has 0 spiro atoms. The molecule has 0 radical (unpaired) electrons. The van der Waals surface area contributed by atoms with Gasteiger partial charge in [0.1, 0.15) is 19.0 Å². The third-order valence-corrected chi connectivity index (χ3v) is 3.83. The van der Waals surface area contributed by atoms with Crippen LogP contribution in [0.2, 0.25) is 0 Å². The average molecular weight is 396 g/mol. The smallest absolute Gasteiger partial charge is 0.338 e. The van der Waals surface area contributed by atoms with Crippen molar-refractivity contribution in [2.45, 2.75) is 13.8 Å². The molecule has 0 fully saturated rings. The Morgan fingerprint density at radius 1 is 0.828 bits per heavy atom. The molecular formula is C23H24O6. The number of benzene rings is 2. The van der Waals surface area contributed by atoms with E-state index in [4.69, 9.17) is 18.9 Å². The fourth-order valence-electron chi connectivity index (χ4n) is 2.29. The Balaban J connectivity index is 2.04. The number of methoxy groups -OCH3 is 1. The number of hydrogen-bond acceptors (Lipinski definition) is 6. The zero-order valence-electron chi connectivity index (χ0n) is 16.8. The molecule has 0 amide bonds. The maximum atomic E-state index is 11.6. The molecule has 6 nitrogen and oxygen atoms in total. The Morgan fingerprint density at radius 2 is 1.45 bits per heavy atom. The lowest BCUT2D eigenvalue weighted by Gasteiger charge is -2.13. The van der Waals surface area contributed by atoms with Gasteiger partial charge in [-0.15, -0.1) is 0 Å². The van der Waals surface area contributed by atoms with Crippen molar-refractivity contribution >= 4 is 11.9 Å². The first-order valence-electron chi connectivity index (χ1n) is 8.93. The van der Waals surface area contributed by atoms with Crippen LogP contribution in [0.25, 0.3) is 11.1 Å². The van der Waals surface area contributed by atoms with Crippen LogP contribution in [0.15, 0.2) is 66.8 Å². The molecule has 0 aliphatic rings. The molecule has 2 aromatic carbocycles. The van der Waals surface area contributed by atoms with E-state index in [9.17, 15) is 9.59 Å². The Kier molecular flexibility index (Phi) is 7.60. The van der Waals surface area contributed by atoms with E-state index in [-0.39, 0.29) is 13.2 Å². The van der Waals surface area contributed by atoms with Gasteiger partial charge in [-0.2, -0.15) is 0 Å². The van der Waals surface area contributed by atoms with Crippen LogP contribution in [0.5, 0.6) is 17.2 Å². The zero-order valence-corrected chi connectivity index (χ0v) is 16.8. The molecule has 0 aliphatic heterocycles. The number of hydrogen-bond donors (Lipinski definition) is 0. The van der Waals surface area contributed by atoms with E-state index in [1.807, 2.05) is 24.3 Å². The van der Waals surface area contributed by atoms with Crippen molar-refractivity contribution in [2.75, 3.05) is 20.3 Å². The normalized spacial score (nSPS) is 10.0. The third kappa shape index (κ3) is 6.24. The van der Waals surface area contributed by atoms with E-state index in [1.165, 1.54) is 0 Å². The molecular weight excluding hydrogens is 372 g/mol. The highest BCUT2D eigenvalue weighted by Gasteiger charge is 2.10. The maximum Gasteiger partial charge on any atom is 0.338 e. The van der Waals surface area contributed by atoms with Gasteiger partial charge in [0.25, 0.3) is 0 Å². The maximum absolute atomic E-state index is 11.6. The Bertz CT molecular complexity index is 911. The number of ether oxygens (including phenoxy) is 4. The summed E-state index contributed by atoms with van der Waals surface area (Å²) >= 11 is 0. The summed E-state index contributed by atoms with van der Waals surface area (Å²) in [6.45, 7) is 10.6. The molecule has 0 aliphatic carbocycles. The molecule has 0 N–H and O–H groups in total. The predicted octanol–water partition coefficient (Wildman–Crippen LogP) is 4.34. The van der Waals surface area contributed by atoms with Crippen molar-refractivity contribution in [1.82, 2.24) is 0 Å². The second kappa shape index (κ2) is 10.1. The van der Waals surface area contributed by atoms with Crippen LogP contribution in [0.4, 0.5) is 0 Å². The van der Waals surface area contributed by atoms with Gasteiger partial charge in [-0.25, -0.2) is 9.59 Å². The van der Waals surface area contributed by atoms with Crippen molar-refractivity contribution in [2.24, 2.45) is 0 Å². The number of carbonyl (C=O) groups excluding carboxylic acids is 2. The zero-order chi connectivity index (χ0) is 21.4. The van der Waals surface area contributed by atoms with E-state index < -0.39 is 11.9 Å². The minimum absolute atomic E-state index is 0.112. The van der Waals surface area contributed by atoms with Crippen LogP contribution in [0.3, 0.4) is 0 Å². The van der Waals surface area contributed by atoms with E-state index in [2.05, 4.69) is 13.2 Å². The first-order chi connectivity index (χ1) is 13.8. The summed E-state index contributed by atoms with van der Waals surface area (Å²) in [4.78, 5) is 22.9. The monoisotopic (exact) mass is 396 g/mol. The first-order valence-corrected chi connectivity index (χ1v) is 8.93. The van der Waals surface area contributed by atoms with Crippen LogP contribution >= 0.6 is 0 Å². The predicted molar refractivity (Wildman–Crippen MR) is 110 cm³/mol. The fourth-order valence-corrected chi connectivity index (χ4v) is 2.29. The molecule has 0 aromatic heterocycles. The van der Waals surface area contributed by atoms with Gasteiger partial charge in [-0.05, 0) is 49.2 Å². The topological polar surface area (TPSA) is 71.1 Å². The molecule has 0 saturated heterocycles. The van der Waals surface area contributed by atoms with Gasteiger partial charge >= 0.3 is 11.9 Å². The molecule has 152 valence electrons.